The Bertz CT molecular complexity index is 673. The van der Waals surface area contributed by atoms with Crippen molar-refractivity contribution in [2.45, 2.75) is 13.0 Å². The molecule has 22 heavy (non-hydrogen) atoms. The number of hydrogen-bond acceptors (Lipinski definition) is 4. The van der Waals surface area contributed by atoms with Gasteiger partial charge in [-0.3, -0.25) is 4.79 Å². The highest BCUT2D eigenvalue weighted by Crippen LogP contribution is 2.13. The van der Waals surface area contributed by atoms with Crippen LogP contribution in [0.2, 0.25) is 0 Å². The molecule has 5 nitrogen and oxygen atoms in total. The van der Waals surface area contributed by atoms with E-state index >= 15 is 0 Å². The molecule has 0 unspecified atom stereocenters. The van der Waals surface area contributed by atoms with Crippen LogP contribution in [0, 0.1) is 11.3 Å². The first-order valence-electron chi connectivity index (χ1n) is 6.73. The first-order valence-corrected chi connectivity index (χ1v) is 6.73. The van der Waals surface area contributed by atoms with Crippen molar-refractivity contribution in [2.24, 2.45) is 5.10 Å². The number of carbonyl (C=O) groups is 1. The van der Waals surface area contributed by atoms with Gasteiger partial charge in [-0.25, -0.2) is 5.43 Å². The molecular weight excluding hydrogens is 278 g/mol. The smallest absolute Gasteiger partial charge is 0.254 e. The Labute approximate surface area is 128 Å². The Morgan fingerprint density at radius 1 is 1.18 bits per heavy atom. The van der Waals surface area contributed by atoms with Crippen molar-refractivity contribution >= 4 is 12.1 Å². The fourth-order valence-electron chi connectivity index (χ4n) is 1.68. The molecule has 0 fully saturated rings. The maximum Gasteiger partial charge on any atom is 0.254 e. The summed E-state index contributed by atoms with van der Waals surface area (Å²) < 4.78 is 5.67. The minimum atomic E-state index is -0.429. The average molecular weight is 293 g/mol. The van der Waals surface area contributed by atoms with Crippen LogP contribution in [0.25, 0.3) is 0 Å². The molecule has 0 aromatic heterocycles. The van der Waals surface area contributed by atoms with Gasteiger partial charge in [-0.2, -0.15) is 10.4 Å². The Kier molecular flexibility index (Phi) is 5.70. The molecule has 0 bridgehead atoms. The summed E-state index contributed by atoms with van der Waals surface area (Å²) in [5, 5.41) is 12.1. The van der Waals surface area contributed by atoms with Crippen LogP contribution in [-0.2, 0) is 11.4 Å². The van der Waals surface area contributed by atoms with Gasteiger partial charge in [-0.05, 0) is 35.4 Å². The number of benzene rings is 2. The van der Waals surface area contributed by atoms with Crippen LogP contribution in [0.15, 0.2) is 59.7 Å². The summed E-state index contributed by atoms with van der Waals surface area (Å²) in [6.45, 7) is 0.512. The summed E-state index contributed by atoms with van der Waals surface area (Å²) in [5.74, 6) is 0.330. The molecule has 0 radical (unpaired) electrons. The van der Waals surface area contributed by atoms with Gasteiger partial charge in [0.15, 0.2) is 0 Å². The molecule has 0 aliphatic carbocycles. The number of amides is 1. The Morgan fingerprint density at radius 3 is 2.59 bits per heavy atom. The topological polar surface area (TPSA) is 74.5 Å². The number of nitrogens with zero attached hydrogens (tertiary/aromatic N) is 2. The maximum absolute atomic E-state index is 11.0. The standard InChI is InChI=1S/C17H15N3O2/c18-11-10-17(21)20-19-12-14-6-8-16(9-7-14)22-13-15-4-2-1-3-5-15/h1-9,12H,10,13H2,(H,20,21)/b19-12+. The first-order chi connectivity index (χ1) is 10.8. The highest BCUT2D eigenvalue weighted by atomic mass is 16.5. The molecule has 0 atom stereocenters. The number of rotatable bonds is 6. The lowest BCUT2D eigenvalue weighted by atomic mass is 10.2. The molecule has 0 spiro atoms. The molecule has 2 aromatic rings. The van der Waals surface area contributed by atoms with E-state index in [9.17, 15) is 4.79 Å². The molecule has 2 rings (SSSR count). The van der Waals surface area contributed by atoms with Gasteiger partial charge in [-0.1, -0.05) is 30.3 Å². The van der Waals surface area contributed by atoms with Gasteiger partial charge >= 0.3 is 0 Å². The number of nitriles is 1. The molecule has 2 aromatic carbocycles. The fraction of sp³-hybridized carbons (Fsp3) is 0.118. The zero-order chi connectivity index (χ0) is 15.6. The summed E-state index contributed by atoms with van der Waals surface area (Å²) >= 11 is 0. The van der Waals surface area contributed by atoms with E-state index in [4.69, 9.17) is 10.00 Å². The highest BCUT2D eigenvalue weighted by molar-refractivity contribution is 5.83. The van der Waals surface area contributed by atoms with E-state index in [-0.39, 0.29) is 6.42 Å². The van der Waals surface area contributed by atoms with Crippen LogP contribution >= 0.6 is 0 Å². The summed E-state index contributed by atoms with van der Waals surface area (Å²) in [5.41, 5.74) is 4.20. The molecule has 1 amide bonds. The zero-order valence-corrected chi connectivity index (χ0v) is 11.9. The quantitative estimate of drug-likeness (QED) is 0.657. The predicted molar refractivity (Wildman–Crippen MR) is 83.2 cm³/mol. The predicted octanol–water partition coefficient (Wildman–Crippen LogP) is 2.63. The summed E-state index contributed by atoms with van der Waals surface area (Å²) in [6, 6.07) is 19.0. The SMILES string of the molecule is N#CCC(=O)N/N=C/c1ccc(OCc2ccccc2)cc1. The van der Waals surface area contributed by atoms with Crippen molar-refractivity contribution in [1.82, 2.24) is 5.43 Å². The van der Waals surface area contributed by atoms with Crippen LogP contribution in [0.3, 0.4) is 0 Å². The van der Waals surface area contributed by atoms with Crippen molar-refractivity contribution in [3.8, 4) is 11.8 Å². The normalized spacial score (nSPS) is 10.1. The summed E-state index contributed by atoms with van der Waals surface area (Å²) in [6.07, 6.45) is 1.31. The fourth-order valence-corrected chi connectivity index (χ4v) is 1.68. The lowest BCUT2D eigenvalue weighted by Crippen LogP contribution is -2.16. The second-order valence-electron chi connectivity index (χ2n) is 4.47. The van der Waals surface area contributed by atoms with Gasteiger partial charge < -0.3 is 4.74 Å². The largest absolute Gasteiger partial charge is 0.489 e. The molecule has 0 aliphatic rings. The van der Waals surface area contributed by atoms with Crippen molar-refractivity contribution in [3.05, 3.63) is 65.7 Å². The lowest BCUT2D eigenvalue weighted by Gasteiger charge is -2.06. The second-order valence-corrected chi connectivity index (χ2v) is 4.47. The minimum absolute atomic E-state index is 0.205. The molecule has 1 N–H and O–H groups in total. The highest BCUT2D eigenvalue weighted by Gasteiger charge is 1.97. The van der Waals surface area contributed by atoms with Crippen molar-refractivity contribution in [1.29, 1.82) is 5.26 Å². The summed E-state index contributed by atoms with van der Waals surface area (Å²) in [4.78, 5) is 11.0. The van der Waals surface area contributed by atoms with Gasteiger partial charge in [0.1, 0.15) is 18.8 Å². The van der Waals surface area contributed by atoms with E-state index < -0.39 is 5.91 Å². The van der Waals surface area contributed by atoms with Crippen LogP contribution in [0.4, 0.5) is 0 Å². The van der Waals surface area contributed by atoms with E-state index in [0.29, 0.717) is 6.61 Å². The molecule has 0 saturated carbocycles. The zero-order valence-electron chi connectivity index (χ0n) is 11.9. The number of carbonyl (C=O) groups excluding carboxylic acids is 1. The summed E-state index contributed by atoms with van der Waals surface area (Å²) in [7, 11) is 0. The van der Waals surface area contributed by atoms with E-state index in [1.807, 2.05) is 54.6 Å². The van der Waals surface area contributed by atoms with Crippen LogP contribution in [0.5, 0.6) is 5.75 Å². The van der Waals surface area contributed by atoms with Crippen LogP contribution in [-0.4, -0.2) is 12.1 Å². The number of hydrazone groups is 1. The van der Waals surface area contributed by atoms with Gasteiger partial charge in [0.2, 0.25) is 0 Å². The molecule has 5 heteroatoms. The molecule has 0 heterocycles. The molecule has 0 aliphatic heterocycles. The number of nitrogens with one attached hydrogen (secondary N) is 1. The van der Waals surface area contributed by atoms with Crippen molar-refractivity contribution in [2.75, 3.05) is 0 Å². The molecule has 110 valence electrons. The minimum Gasteiger partial charge on any atom is -0.489 e. The van der Waals surface area contributed by atoms with E-state index in [0.717, 1.165) is 16.9 Å². The third kappa shape index (κ3) is 5.10. The maximum atomic E-state index is 11.0. The third-order valence-electron chi connectivity index (χ3n) is 2.77. The van der Waals surface area contributed by atoms with Crippen LogP contribution < -0.4 is 10.2 Å². The monoisotopic (exact) mass is 293 g/mol. The van der Waals surface area contributed by atoms with Gasteiger partial charge in [0, 0.05) is 0 Å². The van der Waals surface area contributed by atoms with Gasteiger partial charge in [0.25, 0.3) is 5.91 Å². The van der Waals surface area contributed by atoms with Crippen molar-refractivity contribution < 1.29 is 9.53 Å². The Morgan fingerprint density at radius 2 is 1.91 bits per heavy atom. The van der Waals surface area contributed by atoms with Crippen molar-refractivity contribution in [3.63, 3.8) is 0 Å². The van der Waals surface area contributed by atoms with Gasteiger partial charge in [0.05, 0.1) is 12.3 Å². The first kappa shape index (κ1) is 15.3. The molecular formula is C17H15N3O2. The van der Waals surface area contributed by atoms with E-state index in [1.54, 1.807) is 6.07 Å². The van der Waals surface area contributed by atoms with Crippen LogP contribution in [0.1, 0.15) is 17.5 Å². The van der Waals surface area contributed by atoms with Gasteiger partial charge in [-0.15, -0.1) is 0 Å². The second kappa shape index (κ2) is 8.22. The number of ether oxygens (including phenoxy) is 1. The third-order valence-corrected chi connectivity index (χ3v) is 2.77. The average Bonchev–Trinajstić information content (AvgIpc) is 2.55. The van der Waals surface area contributed by atoms with E-state index in [2.05, 4.69) is 10.5 Å². The van der Waals surface area contributed by atoms with E-state index in [1.165, 1.54) is 6.21 Å². The Hall–Kier alpha value is -3.13. The molecule has 0 saturated heterocycles. The Balaban J connectivity index is 1.84. The number of hydrogen-bond donors (Lipinski definition) is 1. The lowest BCUT2D eigenvalue weighted by molar-refractivity contribution is -0.120.